The fourth-order valence-electron chi connectivity index (χ4n) is 2.71. The molecule has 17 heavy (non-hydrogen) atoms. The lowest BCUT2D eigenvalue weighted by Crippen LogP contribution is -2.04. The van der Waals surface area contributed by atoms with Crippen molar-refractivity contribution in [2.75, 3.05) is 0 Å². The number of rotatable bonds is 2. The summed E-state index contributed by atoms with van der Waals surface area (Å²) in [5, 5.41) is 0. The number of benzene rings is 2. The van der Waals surface area contributed by atoms with Crippen LogP contribution in [-0.2, 0) is 0 Å². The van der Waals surface area contributed by atoms with Crippen molar-refractivity contribution in [3.05, 3.63) is 83.9 Å². The second-order valence-corrected chi connectivity index (χ2v) is 4.62. The van der Waals surface area contributed by atoms with Crippen LogP contribution in [0.2, 0.25) is 0 Å². The van der Waals surface area contributed by atoms with Gasteiger partial charge >= 0.3 is 0 Å². The fraction of sp³-hybridized carbons (Fsp3) is 0.176. The summed E-state index contributed by atoms with van der Waals surface area (Å²) in [5.74, 6) is 1.15. The maximum absolute atomic E-state index is 2.35. The predicted octanol–water partition coefficient (Wildman–Crippen LogP) is 4.51. The van der Waals surface area contributed by atoms with Crippen LogP contribution in [0.3, 0.4) is 0 Å². The van der Waals surface area contributed by atoms with Crippen LogP contribution in [0.4, 0.5) is 0 Å². The summed E-state index contributed by atoms with van der Waals surface area (Å²) in [6.07, 6.45) is 5.83. The Kier molecular flexibility index (Phi) is 2.79. The van der Waals surface area contributed by atoms with E-state index in [0.717, 1.165) is 6.42 Å². The molecule has 0 heteroatoms. The molecule has 0 bridgehead atoms. The maximum Gasteiger partial charge on any atom is 0.00897 e. The van der Waals surface area contributed by atoms with Gasteiger partial charge in [0.1, 0.15) is 0 Å². The fourth-order valence-corrected chi connectivity index (χ4v) is 2.71. The summed E-state index contributed by atoms with van der Waals surface area (Å²) in [4.78, 5) is 0. The van der Waals surface area contributed by atoms with Crippen molar-refractivity contribution in [1.82, 2.24) is 0 Å². The highest BCUT2D eigenvalue weighted by Gasteiger charge is 2.25. The Labute approximate surface area is 103 Å². The zero-order valence-corrected chi connectivity index (χ0v) is 9.79. The molecule has 0 heterocycles. The second-order valence-electron chi connectivity index (χ2n) is 4.62. The first-order valence-electron chi connectivity index (χ1n) is 6.22. The van der Waals surface area contributed by atoms with Gasteiger partial charge in [-0.15, -0.1) is 0 Å². The second kappa shape index (κ2) is 4.58. The molecule has 0 unspecified atom stereocenters. The van der Waals surface area contributed by atoms with Crippen molar-refractivity contribution >= 4 is 0 Å². The molecule has 84 valence electrons. The van der Waals surface area contributed by atoms with Crippen molar-refractivity contribution in [2.45, 2.75) is 18.3 Å². The molecule has 0 saturated carbocycles. The highest BCUT2D eigenvalue weighted by molar-refractivity contribution is 5.35. The summed E-state index contributed by atoms with van der Waals surface area (Å²) in [6.45, 7) is 0. The van der Waals surface area contributed by atoms with Crippen LogP contribution < -0.4 is 0 Å². The zero-order valence-electron chi connectivity index (χ0n) is 9.79. The Bertz CT molecular complexity index is 496. The monoisotopic (exact) mass is 220 g/mol. The molecule has 0 N–H and O–H groups in total. The average molecular weight is 220 g/mol. The minimum Gasteiger partial charge on any atom is -0.0873 e. The first-order chi connectivity index (χ1) is 8.45. The molecule has 0 amide bonds. The van der Waals surface area contributed by atoms with Crippen LogP contribution in [0.25, 0.3) is 0 Å². The standard InChI is InChI=1S/C17H16/c1-3-8-14(9-4-1)16-12-7-13-17(16)15-10-5-2-6-11-15/h1-12,16-17H,13H2/t16-,17-/m1/s1. The van der Waals surface area contributed by atoms with Gasteiger partial charge in [-0.25, -0.2) is 0 Å². The quantitative estimate of drug-likeness (QED) is 0.653. The van der Waals surface area contributed by atoms with Gasteiger partial charge in [-0.05, 0) is 23.5 Å². The average Bonchev–Trinajstić information content (AvgIpc) is 2.90. The van der Waals surface area contributed by atoms with E-state index in [1.165, 1.54) is 11.1 Å². The van der Waals surface area contributed by atoms with Gasteiger partial charge in [-0.3, -0.25) is 0 Å². The van der Waals surface area contributed by atoms with Crippen molar-refractivity contribution < 1.29 is 0 Å². The van der Waals surface area contributed by atoms with Crippen LogP contribution in [0.5, 0.6) is 0 Å². The van der Waals surface area contributed by atoms with Gasteiger partial charge in [0.05, 0.1) is 0 Å². The smallest absolute Gasteiger partial charge is 0.00897 e. The van der Waals surface area contributed by atoms with E-state index in [-0.39, 0.29) is 0 Å². The minimum atomic E-state index is 0.540. The topological polar surface area (TPSA) is 0 Å². The van der Waals surface area contributed by atoms with Crippen LogP contribution >= 0.6 is 0 Å². The largest absolute Gasteiger partial charge is 0.0873 e. The minimum absolute atomic E-state index is 0.540. The summed E-state index contributed by atoms with van der Waals surface area (Å²) in [7, 11) is 0. The summed E-state index contributed by atoms with van der Waals surface area (Å²) >= 11 is 0. The molecule has 3 rings (SSSR count). The van der Waals surface area contributed by atoms with Gasteiger partial charge in [0, 0.05) is 5.92 Å². The highest BCUT2D eigenvalue weighted by atomic mass is 14.3. The van der Waals surface area contributed by atoms with Crippen LogP contribution in [-0.4, -0.2) is 0 Å². The van der Waals surface area contributed by atoms with Crippen LogP contribution in [0, 0.1) is 0 Å². The zero-order chi connectivity index (χ0) is 11.5. The van der Waals surface area contributed by atoms with E-state index in [4.69, 9.17) is 0 Å². The van der Waals surface area contributed by atoms with Gasteiger partial charge < -0.3 is 0 Å². The Morgan fingerprint density at radius 2 is 1.29 bits per heavy atom. The normalized spacial score (nSPS) is 22.8. The molecule has 1 aliphatic rings. The van der Waals surface area contributed by atoms with E-state index in [0.29, 0.717) is 11.8 Å². The third kappa shape index (κ3) is 2.03. The van der Waals surface area contributed by atoms with Crippen molar-refractivity contribution in [3.8, 4) is 0 Å². The molecule has 2 aromatic rings. The van der Waals surface area contributed by atoms with E-state index in [2.05, 4.69) is 72.8 Å². The molecular weight excluding hydrogens is 204 g/mol. The summed E-state index contributed by atoms with van der Waals surface area (Å²) < 4.78 is 0. The third-order valence-electron chi connectivity index (χ3n) is 3.58. The van der Waals surface area contributed by atoms with Crippen molar-refractivity contribution in [3.63, 3.8) is 0 Å². The van der Waals surface area contributed by atoms with E-state index in [1.807, 2.05) is 0 Å². The van der Waals surface area contributed by atoms with Gasteiger partial charge in [-0.2, -0.15) is 0 Å². The molecule has 0 spiro atoms. The van der Waals surface area contributed by atoms with Gasteiger partial charge in [0.2, 0.25) is 0 Å². The van der Waals surface area contributed by atoms with Crippen LogP contribution in [0.15, 0.2) is 72.8 Å². The Morgan fingerprint density at radius 1 is 0.706 bits per heavy atom. The number of hydrogen-bond acceptors (Lipinski definition) is 0. The van der Waals surface area contributed by atoms with E-state index in [1.54, 1.807) is 0 Å². The number of allylic oxidation sites excluding steroid dienone is 2. The molecule has 0 nitrogen and oxygen atoms in total. The first-order valence-corrected chi connectivity index (χ1v) is 6.22. The maximum atomic E-state index is 2.35. The third-order valence-corrected chi connectivity index (χ3v) is 3.58. The molecule has 0 radical (unpaired) electrons. The molecule has 2 aromatic carbocycles. The summed E-state index contributed by atoms with van der Waals surface area (Å²) in [6, 6.07) is 21.6. The van der Waals surface area contributed by atoms with E-state index < -0.39 is 0 Å². The van der Waals surface area contributed by atoms with Crippen molar-refractivity contribution in [1.29, 1.82) is 0 Å². The van der Waals surface area contributed by atoms with Gasteiger partial charge in [-0.1, -0.05) is 72.8 Å². The van der Waals surface area contributed by atoms with E-state index in [9.17, 15) is 0 Å². The van der Waals surface area contributed by atoms with Gasteiger partial charge in [0.15, 0.2) is 0 Å². The first kappa shape index (κ1) is 10.3. The van der Waals surface area contributed by atoms with Crippen molar-refractivity contribution in [2.24, 2.45) is 0 Å². The lowest BCUT2D eigenvalue weighted by atomic mass is 9.84. The molecule has 1 aliphatic carbocycles. The molecular formula is C17H16. The van der Waals surface area contributed by atoms with E-state index >= 15 is 0 Å². The Morgan fingerprint density at radius 3 is 1.94 bits per heavy atom. The van der Waals surface area contributed by atoms with Crippen LogP contribution in [0.1, 0.15) is 29.4 Å². The highest BCUT2D eigenvalue weighted by Crippen LogP contribution is 2.41. The van der Waals surface area contributed by atoms with Gasteiger partial charge in [0.25, 0.3) is 0 Å². The SMILES string of the molecule is C1=C[C@H](c2ccccc2)[C@@H](c2ccccc2)C1. The lowest BCUT2D eigenvalue weighted by Gasteiger charge is -2.20. The molecule has 0 aliphatic heterocycles. The predicted molar refractivity (Wildman–Crippen MR) is 72.1 cm³/mol. The number of hydrogen-bond donors (Lipinski definition) is 0. The molecule has 0 saturated heterocycles. The molecule has 2 atom stereocenters. The molecule has 0 aromatic heterocycles. The molecule has 0 fully saturated rings. The Balaban J connectivity index is 1.93. The Hall–Kier alpha value is -1.82. The summed E-state index contributed by atoms with van der Waals surface area (Å²) in [5.41, 5.74) is 2.88. The lowest BCUT2D eigenvalue weighted by molar-refractivity contribution is 0.665.